The molecule has 0 atom stereocenters. The minimum Gasteiger partial charge on any atom is -0.497 e. The molecule has 0 unspecified atom stereocenters. The van der Waals surface area contributed by atoms with E-state index in [2.05, 4.69) is 9.88 Å². The highest BCUT2D eigenvalue weighted by atomic mass is 16.5. The molecule has 0 aliphatic carbocycles. The van der Waals surface area contributed by atoms with Crippen molar-refractivity contribution >= 4 is 28.8 Å². The average molecular weight is 374 g/mol. The normalized spacial score (nSPS) is 14.6. The van der Waals surface area contributed by atoms with E-state index in [1.54, 1.807) is 13.2 Å². The van der Waals surface area contributed by atoms with E-state index in [-0.39, 0.29) is 5.91 Å². The molecular formula is C22H22N4O2. The van der Waals surface area contributed by atoms with E-state index in [0.29, 0.717) is 13.1 Å². The summed E-state index contributed by atoms with van der Waals surface area (Å²) in [6, 6.07) is 15.5. The molecule has 0 N–H and O–H groups in total. The van der Waals surface area contributed by atoms with Gasteiger partial charge in [0, 0.05) is 32.3 Å². The molecule has 28 heavy (non-hydrogen) atoms. The third-order valence-electron chi connectivity index (χ3n) is 4.89. The van der Waals surface area contributed by atoms with Crippen molar-refractivity contribution in [2.45, 2.75) is 0 Å². The second kappa shape index (κ2) is 8.08. The van der Waals surface area contributed by atoms with Crippen LogP contribution in [-0.2, 0) is 4.79 Å². The summed E-state index contributed by atoms with van der Waals surface area (Å²) in [5.41, 5.74) is 2.75. The van der Waals surface area contributed by atoms with Crippen molar-refractivity contribution in [1.29, 1.82) is 0 Å². The largest absolute Gasteiger partial charge is 0.497 e. The first-order valence-corrected chi connectivity index (χ1v) is 9.31. The predicted molar refractivity (Wildman–Crippen MR) is 110 cm³/mol. The fraction of sp³-hybridized carbons (Fsp3) is 0.227. The molecule has 1 fully saturated rings. The second-order valence-corrected chi connectivity index (χ2v) is 6.64. The minimum atomic E-state index is 0.0278. The number of fused-ring (bicyclic) bond motifs is 1. The Morgan fingerprint density at radius 3 is 2.43 bits per heavy atom. The molecule has 2 heterocycles. The smallest absolute Gasteiger partial charge is 0.246 e. The van der Waals surface area contributed by atoms with Gasteiger partial charge in [0.25, 0.3) is 0 Å². The van der Waals surface area contributed by atoms with E-state index in [1.165, 1.54) is 0 Å². The van der Waals surface area contributed by atoms with Gasteiger partial charge in [-0.3, -0.25) is 9.78 Å². The number of rotatable bonds is 4. The van der Waals surface area contributed by atoms with Crippen LogP contribution in [-0.4, -0.2) is 54.1 Å². The molecule has 0 bridgehead atoms. The van der Waals surface area contributed by atoms with Crippen LogP contribution in [0.4, 0.5) is 5.82 Å². The van der Waals surface area contributed by atoms with E-state index in [0.717, 1.165) is 41.3 Å². The van der Waals surface area contributed by atoms with Crippen molar-refractivity contribution < 1.29 is 9.53 Å². The lowest BCUT2D eigenvalue weighted by atomic mass is 10.2. The van der Waals surface area contributed by atoms with Gasteiger partial charge in [0.2, 0.25) is 5.91 Å². The van der Waals surface area contributed by atoms with Gasteiger partial charge in [0.1, 0.15) is 11.6 Å². The summed E-state index contributed by atoms with van der Waals surface area (Å²) in [5, 5.41) is 0. The van der Waals surface area contributed by atoms with Gasteiger partial charge in [0.15, 0.2) is 0 Å². The maximum Gasteiger partial charge on any atom is 0.246 e. The molecule has 6 nitrogen and oxygen atoms in total. The number of ether oxygens (including phenoxy) is 1. The standard InChI is InChI=1S/C22H22N4O2/c1-28-18-9-6-17(7-10-18)8-11-22(27)26-14-12-25(13-15-26)21-16-23-19-4-2-3-5-20(19)24-21/h2-11,16H,12-15H2,1H3/b11-8+. The van der Waals surface area contributed by atoms with Gasteiger partial charge >= 0.3 is 0 Å². The zero-order chi connectivity index (χ0) is 19.3. The van der Waals surface area contributed by atoms with Crippen molar-refractivity contribution in [3.05, 3.63) is 66.4 Å². The Balaban J connectivity index is 1.36. The van der Waals surface area contributed by atoms with Gasteiger partial charge in [-0.1, -0.05) is 24.3 Å². The Labute approximate surface area is 164 Å². The number of hydrogen-bond acceptors (Lipinski definition) is 5. The van der Waals surface area contributed by atoms with E-state index in [1.807, 2.05) is 65.7 Å². The summed E-state index contributed by atoms with van der Waals surface area (Å²) in [7, 11) is 1.64. The molecule has 142 valence electrons. The van der Waals surface area contributed by atoms with Crippen LogP contribution >= 0.6 is 0 Å². The summed E-state index contributed by atoms with van der Waals surface area (Å²) in [4.78, 5) is 25.7. The molecule has 0 spiro atoms. The number of para-hydroxylation sites is 2. The molecule has 6 heteroatoms. The van der Waals surface area contributed by atoms with Crippen molar-refractivity contribution in [3.8, 4) is 5.75 Å². The van der Waals surface area contributed by atoms with Gasteiger partial charge in [-0.25, -0.2) is 4.98 Å². The molecule has 1 saturated heterocycles. The number of amides is 1. The molecule has 1 aliphatic rings. The van der Waals surface area contributed by atoms with Crippen molar-refractivity contribution in [3.63, 3.8) is 0 Å². The van der Waals surface area contributed by atoms with Crippen LogP contribution in [0.2, 0.25) is 0 Å². The number of aromatic nitrogens is 2. The minimum absolute atomic E-state index is 0.0278. The molecule has 0 radical (unpaired) electrons. The lowest BCUT2D eigenvalue weighted by molar-refractivity contribution is -0.126. The number of nitrogens with zero attached hydrogens (tertiary/aromatic N) is 4. The molecule has 3 aromatic rings. The van der Waals surface area contributed by atoms with Crippen LogP contribution < -0.4 is 9.64 Å². The first-order chi connectivity index (χ1) is 13.7. The first-order valence-electron chi connectivity index (χ1n) is 9.31. The lowest BCUT2D eigenvalue weighted by Crippen LogP contribution is -2.48. The topological polar surface area (TPSA) is 58.6 Å². The van der Waals surface area contributed by atoms with Gasteiger partial charge in [0.05, 0.1) is 24.3 Å². The van der Waals surface area contributed by atoms with Crippen molar-refractivity contribution in [1.82, 2.24) is 14.9 Å². The number of carbonyl (C=O) groups excluding carboxylic acids is 1. The Hall–Kier alpha value is -3.41. The van der Waals surface area contributed by atoms with E-state index < -0.39 is 0 Å². The highest BCUT2D eigenvalue weighted by molar-refractivity contribution is 5.92. The Morgan fingerprint density at radius 1 is 1.00 bits per heavy atom. The molecule has 1 aromatic heterocycles. The zero-order valence-corrected chi connectivity index (χ0v) is 15.8. The number of hydrogen-bond donors (Lipinski definition) is 0. The summed E-state index contributed by atoms with van der Waals surface area (Å²) in [6.07, 6.45) is 5.28. The van der Waals surface area contributed by atoms with Crippen LogP contribution in [0.3, 0.4) is 0 Å². The van der Waals surface area contributed by atoms with Gasteiger partial charge in [-0.2, -0.15) is 0 Å². The highest BCUT2D eigenvalue weighted by Gasteiger charge is 2.20. The predicted octanol–water partition coefficient (Wildman–Crippen LogP) is 3.00. The number of anilines is 1. The van der Waals surface area contributed by atoms with E-state index >= 15 is 0 Å². The molecule has 1 aliphatic heterocycles. The fourth-order valence-corrected chi connectivity index (χ4v) is 3.24. The zero-order valence-electron chi connectivity index (χ0n) is 15.8. The van der Waals surface area contributed by atoms with Gasteiger partial charge < -0.3 is 14.5 Å². The Bertz CT molecular complexity index is 993. The van der Waals surface area contributed by atoms with Crippen LogP contribution in [0.25, 0.3) is 17.1 Å². The number of piperazine rings is 1. The fourth-order valence-electron chi connectivity index (χ4n) is 3.24. The van der Waals surface area contributed by atoms with Crippen LogP contribution in [0, 0.1) is 0 Å². The summed E-state index contributed by atoms with van der Waals surface area (Å²) >= 11 is 0. The second-order valence-electron chi connectivity index (χ2n) is 6.64. The Morgan fingerprint density at radius 2 is 1.71 bits per heavy atom. The van der Waals surface area contributed by atoms with Crippen molar-refractivity contribution in [2.24, 2.45) is 0 Å². The van der Waals surface area contributed by atoms with Crippen LogP contribution in [0.5, 0.6) is 5.75 Å². The monoisotopic (exact) mass is 374 g/mol. The first kappa shape index (κ1) is 18.0. The van der Waals surface area contributed by atoms with Gasteiger partial charge in [-0.05, 0) is 35.9 Å². The molecular weight excluding hydrogens is 352 g/mol. The maximum atomic E-state index is 12.5. The third kappa shape index (κ3) is 3.96. The summed E-state index contributed by atoms with van der Waals surface area (Å²) < 4.78 is 5.15. The third-order valence-corrected chi connectivity index (χ3v) is 4.89. The summed E-state index contributed by atoms with van der Waals surface area (Å²) in [6.45, 7) is 2.82. The van der Waals surface area contributed by atoms with Crippen LogP contribution in [0.15, 0.2) is 60.8 Å². The number of methoxy groups -OCH3 is 1. The quantitative estimate of drug-likeness (QED) is 0.657. The molecule has 2 aromatic carbocycles. The average Bonchev–Trinajstić information content (AvgIpc) is 2.77. The van der Waals surface area contributed by atoms with Crippen LogP contribution in [0.1, 0.15) is 5.56 Å². The highest BCUT2D eigenvalue weighted by Crippen LogP contribution is 2.17. The van der Waals surface area contributed by atoms with Crippen molar-refractivity contribution in [2.75, 3.05) is 38.2 Å². The lowest BCUT2D eigenvalue weighted by Gasteiger charge is -2.34. The number of carbonyl (C=O) groups is 1. The summed E-state index contributed by atoms with van der Waals surface area (Å²) in [5.74, 6) is 1.69. The molecule has 0 saturated carbocycles. The molecule has 1 amide bonds. The maximum absolute atomic E-state index is 12.5. The van der Waals surface area contributed by atoms with E-state index in [9.17, 15) is 4.79 Å². The van der Waals surface area contributed by atoms with Gasteiger partial charge in [-0.15, -0.1) is 0 Å². The molecule has 4 rings (SSSR count). The number of benzene rings is 2. The Kier molecular flexibility index (Phi) is 5.19. The SMILES string of the molecule is COc1ccc(/C=C/C(=O)N2CCN(c3cnc4ccccc4n3)CC2)cc1. The van der Waals surface area contributed by atoms with E-state index in [4.69, 9.17) is 9.72 Å².